The average molecular weight is 1830 g/mol. The molecule has 18 aromatic rings. The molecular weight excluding hydrogens is 1760 g/mol. The van der Waals surface area contributed by atoms with E-state index in [9.17, 15) is 55.1 Å². The summed E-state index contributed by atoms with van der Waals surface area (Å²) in [6.07, 6.45) is 28.6. The molecule has 0 fully saturated rings. The van der Waals surface area contributed by atoms with Gasteiger partial charge in [0, 0.05) is 64.5 Å². The van der Waals surface area contributed by atoms with Crippen LogP contribution in [0.5, 0.6) is 11.5 Å². The normalized spacial score (nSPS) is 11.3. The molecule has 0 saturated carbocycles. The van der Waals surface area contributed by atoms with Crippen LogP contribution in [0.15, 0.2) is 363 Å². The van der Waals surface area contributed by atoms with Crippen molar-refractivity contribution in [1.29, 1.82) is 5.26 Å². The van der Waals surface area contributed by atoms with Crippen molar-refractivity contribution in [2.75, 3.05) is 0 Å². The van der Waals surface area contributed by atoms with Gasteiger partial charge in [0.15, 0.2) is 0 Å². The number of benzene rings is 6. The van der Waals surface area contributed by atoms with E-state index in [2.05, 4.69) is 40.1 Å². The van der Waals surface area contributed by atoms with Gasteiger partial charge in [0.1, 0.15) is 40.3 Å². The Hall–Kier alpha value is -17.9. The fourth-order valence-corrected chi connectivity index (χ4v) is 12.3. The van der Waals surface area contributed by atoms with Crippen molar-refractivity contribution in [2.24, 2.45) is 0 Å². The molecule has 0 aliphatic heterocycles. The number of hydrogen-bond donors (Lipinski definition) is 0. The first kappa shape index (κ1) is 92.8. The van der Waals surface area contributed by atoms with Gasteiger partial charge in [-0.3, -0.25) is 28.8 Å². The maximum Gasteiger partial charge on any atom is 0.573 e. The summed E-state index contributed by atoms with van der Waals surface area (Å²) in [5.74, 6) is 0.309. The zero-order valence-corrected chi connectivity index (χ0v) is 70.5. The van der Waals surface area contributed by atoms with E-state index in [4.69, 9.17) is 38.9 Å². The Bertz CT molecular complexity index is 7080. The lowest BCUT2D eigenvalue weighted by molar-refractivity contribution is -0.275. The number of carbonyl (C=O) groups excluding carboxylic acids is 6. The highest BCUT2D eigenvalue weighted by Gasteiger charge is 2.34. The van der Waals surface area contributed by atoms with E-state index in [1.807, 2.05) is 115 Å². The second-order valence-electron chi connectivity index (χ2n) is 27.1. The topological polar surface area (TPSA) is 317 Å². The molecule has 0 saturated heterocycles. The van der Waals surface area contributed by atoms with E-state index >= 15 is 0 Å². The Morgan fingerprint density at radius 3 is 1.06 bits per heavy atom. The van der Waals surface area contributed by atoms with Crippen molar-refractivity contribution in [1.82, 2.24) is 58.7 Å². The van der Waals surface area contributed by atoms with Gasteiger partial charge in [0.2, 0.25) is 0 Å². The van der Waals surface area contributed by atoms with Gasteiger partial charge in [-0.15, -0.1) is 37.7 Å². The molecule has 34 heteroatoms. The predicted molar refractivity (Wildman–Crippen MR) is 485 cm³/mol. The van der Waals surface area contributed by atoms with Crippen molar-refractivity contribution in [3.05, 3.63) is 453 Å². The molecule has 0 amide bonds. The Kier molecular flexibility index (Phi) is 31.7. The van der Waals surface area contributed by atoms with Crippen LogP contribution in [0.4, 0.5) is 26.3 Å². The number of nitriles is 1. The van der Waals surface area contributed by atoms with E-state index in [1.54, 1.807) is 232 Å². The van der Waals surface area contributed by atoms with Crippen molar-refractivity contribution in [2.45, 2.75) is 12.7 Å². The van der Waals surface area contributed by atoms with Gasteiger partial charge in [-0.05, 0) is 266 Å². The summed E-state index contributed by atoms with van der Waals surface area (Å²) in [5.41, 5.74) is 6.59. The molecule has 0 N–H and O–H groups in total. The number of aromatic nitrogens is 12. The second-order valence-corrected chi connectivity index (χ2v) is 28.5. The van der Waals surface area contributed by atoms with E-state index < -0.39 is 36.0 Å². The fraction of sp³-hybridized carbons (Fsp3) is 0.0202. The monoisotopic (exact) mass is 1830 g/mol. The van der Waals surface area contributed by atoms with Gasteiger partial charge in [-0.25, -0.2) is 28.1 Å². The number of hydrogen-bond acceptors (Lipinski definition) is 21. The molecule has 0 atom stereocenters. The van der Waals surface area contributed by atoms with Crippen molar-refractivity contribution in [3.63, 3.8) is 0 Å². The van der Waals surface area contributed by atoms with Crippen molar-refractivity contribution >= 4 is 131 Å². The quantitative estimate of drug-likeness (QED) is 0.0640. The summed E-state index contributed by atoms with van der Waals surface area (Å²) < 4.78 is 115. The molecule has 0 aliphatic rings. The third-order valence-electron chi connectivity index (χ3n) is 17.7. The van der Waals surface area contributed by atoms with E-state index in [0.29, 0.717) is 77.9 Å². The zero-order valence-electron chi connectivity index (χ0n) is 68.9. The first-order valence-corrected chi connectivity index (χ1v) is 40.7. The highest BCUT2D eigenvalue weighted by Crippen LogP contribution is 2.29. The van der Waals surface area contributed by atoms with Gasteiger partial charge in [0.05, 0.1) is 87.6 Å². The maximum atomic E-state index is 12.5. The molecule has 662 valence electrons. The third kappa shape index (κ3) is 28.3. The van der Waals surface area contributed by atoms with Crippen LogP contribution in [-0.2, 0) is 0 Å². The van der Waals surface area contributed by atoms with Gasteiger partial charge in [-0.1, -0.05) is 96.5 Å². The van der Waals surface area contributed by atoms with Crippen LogP contribution >= 0.6 is 22.9 Å². The highest BCUT2D eigenvalue weighted by molar-refractivity contribution is 7.12. The smallest absolute Gasteiger partial charge is 0.465 e. The van der Waals surface area contributed by atoms with Gasteiger partial charge in [-0.2, -0.15) is 35.9 Å². The van der Waals surface area contributed by atoms with Crippen molar-refractivity contribution in [3.8, 4) is 17.6 Å². The summed E-state index contributed by atoms with van der Waals surface area (Å²) in [5, 5.41) is 36.3. The molecular formula is C99H68ClF6N13O13S. The van der Waals surface area contributed by atoms with Crippen LogP contribution in [-0.4, -0.2) is 107 Å². The molecule has 18 rings (SSSR count). The molecule has 133 heavy (non-hydrogen) atoms. The number of nitrogens with zero attached hydrogens (tertiary/aromatic N) is 13. The first-order valence-electron chi connectivity index (χ1n) is 39.5. The van der Waals surface area contributed by atoms with E-state index in [0.717, 1.165) is 50.3 Å². The zero-order chi connectivity index (χ0) is 93.3. The summed E-state index contributed by atoms with van der Waals surface area (Å²) >= 11 is 7.22. The van der Waals surface area contributed by atoms with Crippen molar-refractivity contribution < 1.29 is 86.7 Å². The highest BCUT2D eigenvalue weighted by atomic mass is 35.5. The molecule has 26 nitrogen and oxygen atoms in total. The fourth-order valence-electron chi connectivity index (χ4n) is 11.5. The lowest BCUT2D eigenvalue weighted by Crippen LogP contribution is -2.21. The van der Waals surface area contributed by atoms with Crippen LogP contribution in [0.2, 0.25) is 5.02 Å². The number of alkyl halides is 6. The maximum absolute atomic E-state index is 12.5. The molecule has 6 aromatic carbocycles. The van der Waals surface area contributed by atoms with Crippen LogP contribution in [0, 0.1) is 11.3 Å². The molecule has 12 heterocycles. The molecule has 12 aromatic heterocycles. The first-order chi connectivity index (χ1) is 64.5. The average Bonchev–Trinajstić information content (AvgIpc) is 1.82. The molecule has 0 spiro atoms. The lowest BCUT2D eigenvalue weighted by Gasteiger charge is -2.12. The number of ether oxygens (including phenoxy) is 2. The third-order valence-corrected chi connectivity index (χ3v) is 18.8. The van der Waals surface area contributed by atoms with Crippen LogP contribution < -0.4 is 9.47 Å². The molecule has 0 bridgehead atoms. The molecule has 0 unspecified atom stereocenters. The number of carbonyl (C=O) groups is 6. The van der Waals surface area contributed by atoms with Gasteiger partial charge < -0.3 is 31.6 Å². The Morgan fingerprint density at radius 2 is 0.677 bits per heavy atom. The summed E-state index contributed by atoms with van der Waals surface area (Å²) in [6, 6.07) is 75.9. The summed E-state index contributed by atoms with van der Waals surface area (Å²) in [4.78, 5) is 74.2. The minimum atomic E-state index is -4.89. The van der Waals surface area contributed by atoms with Crippen LogP contribution in [0.25, 0.3) is 72.9 Å². The Labute approximate surface area is 760 Å². The molecule has 0 aliphatic carbocycles. The standard InChI is InChI=1S/2C17H11F3N2O3.C17H11N3O2.C16H11ClN2O2.C16H12N2O2.C16H12N2OS/c18-17(19,20)25-15-4-1-3-12(11-15)16(23)22-9-8-13(21-22)6-7-14-5-2-10-24-14;18-17(19,20)25-15-6-2-1-5-14(15)16(23)22-10-9-12(21-22)7-8-13-4-3-11-24-13;18-12-13-3-1-4-14(11-13)17(21)20-9-8-15(19-20)6-7-16-5-2-10-22-16;17-13-5-3-12(4-6-13)16(20)19-10-9-14(18-19)7-8-15-2-1-11-21-15;19-16(13-5-2-1-3-6-13)18-11-10-14(17-18)8-9-15-7-4-12-20-15;19-16(15-7-4-12-20-15)18-11-10-14(17-18)9-8-13-5-2-1-3-6-13/h2*1-11H;1-11H;1-11H;2*1-12H/b7-6+;8-7+;7-6+;8-7+;2*9-8+. The largest absolute Gasteiger partial charge is 0.573 e. The van der Waals surface area contributed by atoms with E-state index in [-0.39, 0.29) is 34.8 Å². The number of furan rings is 5. The Balaban J connectivity index is 0.000000136. The SMILES string of the molecule is N#Cc1cccc(C(=O)n2ccc(/C=C/c3ccco3)n2)c1.O=C(c1ccc(Cl)cc1)n1ccc(/C=C/c2ccco2)n1.O=C(c1cccc(OC(F)(F)F)c1)n1ccc(/C=C/c2ccco2)n1.O=C(c1ccccc1)n1ccc(/C=C/c2ccco2)n1.O=C(c1ccccc1OC(F)(F)F)n1ccc(/C=C/c2ccco2)n1.O=C(c1cccs1)n1ccc(/C=C/c2ccccc2)n1. The summed E-state index contributed by atoms with van der Waals surface area (Å²) in [7, 11) is 0. The molecule has 0 radical (unpaired) electrons. The second kappa shape index (κ2) is 45.5. The van der Waals surface area contributed by atoms with Gasteiger partial charge in [0.25, 0.3) is 35.4 Å². The van der Waals surface area contributed by atoms with E-state index in [1.165, 1.54) is 85.3 Å². The van der Waals surface area contributed by atoms with Crippen LogP contribution in [0.1, 0.15) is 136 Å². The van der Waals surface area contributed by atoms with Gasteiger partial charge >= 0.3 is 12.7 Å². The summed E-state index contributed by atoms with van der Waals surface area (Å²) in [6.45, 7) is 0. The minimum absolute atomic E-state index is 0.0198. The number of para-hydroxylation sites is 1. The predicted octanol–water partition coefficient (Wildman–Crippen LogP) is 22.8. The Morgan fingerprint density at radius 1 is 0.331 bits per heavy atom. The number of thiophene rings is 1. The minimum Gasteiger partial charge on any atom is -0.465 e. The van der Waals surface area contributed by atoms with Crippen LogP contribution in [0.3, 0.4) is 0 Å². The lowest BCUT2D eigenvalue weighted by atomic mass is 10.1. The number of rotatable bonds is 20. The number of halogens is 7.